The second-order valence-corrected chi connectivity index (χ2v) is 6.83. The number of aryl methyl sites for hydroxylation is 1. The number of esters is 1. The van der Waals surface area contributed by atoms with Crippen LogP contribution in [0.5, 0.6) is 0 Å². The summed E-state index contributed by atoms with van der Waals surface area (Å²) < 4.78 is 10.5. The molecule has 2 rings (SSSR count). The number of carbonyl (C=O) groups is 1. The molecule has 29 heavy (non-hydrogen) atoms. The van der Waals surface area contributed by atoms with Crippen LogP contribution in [-0.4, -0.2) is 37.1 Å². The molecule has 0 radical (unpaired) electrons. The number of aliphatic imine (C=N–C) groups is 1. The first-order valence-corrected chi connectivity index (χ1v) is 10.2. The van der Waals surface area contributed by atoms with Crippen LogP contribution in [0.3, 0.4) is 0 Å². The molecule has 0 saturated heterocycles. The highest BCUT2D eigenvalue weighted by Crippen LogP contribution is 2.18. The molecule has 158 valence electrons. The standard InChI is InChI=1S/C22H32N4O3/c1-4-28-20(27)9-7-5-6-8-14-24-22(23-3)25-15-19-16-29-21(26-19)18-12-10-17(2)11-13-18/h10-13,16H,4-9,14-15H2,1-3H3,(H2,23,24,25). The third-order valence-electron chi connectivity index (χ3n) is 4.42. The van der Waals surface area contributed by atoms with Crippen molar-refractivity contribution in [3.05, 3.63) is 41.8 Å². The van der Waals surface area contributed by atoms with E-state index in [0.717, 1.165) is 49.4 Å². The van der Waals surface area contributed by atoms with Gasteiger partial charge in [-0.15, -0.1) is 0 Å². The summed E-state index contributed by atoms with van der Waals surface area (Å²) >= 11 is 0. The Balaban J connectivity index is 1.63. The van der Waals surface area contributed by atoms with Gasteiger partial charge in [-0.3, -0.25) is 9.79 Å². The molecule has 1 aromatic carbocycles. The van der Waals surface area contributed by atoms with E-state index in [2.05, 4.69) is 27.5 Å². The number of hydrogen-bond acceptors (Lipinski definition) is 5. The largest absolute Gasteiger partial charge is 0.466 e. The lowest BCUT2D eigenvalue weighted by atomic mass is 10.1. The summed E-state index contributed by atoms with van der Waals surface area (Å²) in [6.07, 6.45) is 6.15. The van der Waals surface area contributed by atoms with Crippen LogP contribution in [0.15, 0.2) is 39.9 Å². The highest BCUT2D eigenvalue weighted by atomic mass is 16.5. The van der Waals surface area contributed by atoms with Crippen LogP contribution >= 0.6 is 0 Å². The number of benzene rings is 1. The molecular formula is C22H32N4O3. The predicted octanol–water partition coefficient (Wildman–Crippen LogP) is 3.83. The number of ether oxygens (including phenoxy) is 1. The normalized spacial score (nSPS) is 11.3. The van der Waals surface area contributed by atoms with Crippen LogP contribution in [0.1, 0.15) is 50.3 Å². The summed E-state index contributed by atoms with van der Waals surface area (Å²) in [7, 11) is 1.75. The van der Waals surface area contributed by atoms with Gasteiger partial charge < -0.3 is 19.8 Å². The minimum Gasteiger partial charge on any atom is -0.466 e. The van der Waals surface area contributed by atoms with Gasteiger partial charge in [-0.05, 0) is 38.8 Å². The molecule has 0 aliphatic rings. The first-order valence-electron chi connectivity index (χ1n) is 10.2. The van der Waals surface area contributed by atoms with E-state index in [0.29, 0.717) is 25.5 Å². The lowest BCUT2D eigenvalue weighted by Gasteiger charge is -2.10. The maximum Gasteiger partial charge on any atom is 0.305 e. The fourth-order valence-corrected chi connectivity index (χ4v) is 2.80. The van der Waals surface area contributed by atoms with Crippen molar-refractivity contribution in [3.63, 3.8) is 0 Å². The fourth-order valence-electron chi connectivity index (χ4n) is 2.80. The van der Waals surface area contributed by atoms with Gasteiger partial charge in [0.15, 0.2) is 5.96 Å². The van der Waals surface area contributed by atoms with E-state index >= 15 is 0 Å². The fraction of sp³-hybridized carbons (Fsp3) is 0.500. The first-order chi connectivity index (χ1) is 14.1. The summed E-state index contributed by atoms with van der Waals surface area (Å²) in [5.74, 6) is 1.25. The van der Waals surface area contributed by atoms with Gasteiger partial charge in [0.25, 0.3) is 0 Å². The Bertz CT molecular complexity index is 769. The summed E-state index contributed by atoms with van der Waals surface area (Å²) in [6.45, 7) is 5.70. The highest BCUT2D eigenvalue weighted by molar-refractivity contribution is 5.79. The lowest BCUT2D eigenvalue weighted by Crippen LogP contribution is -2.37. The first kappa shape index (κ1) is 22.5. The van der Waals surface area contributed by atoms with Gasteiger partial charge >= 0.3 is 5.97 Å². The van der Waals surface area contributed by atoms with Crippen molar-refractivity contribution in [1.82, 2.24) is 15.6 Å². The van der Waals surface area contributed by atoms with E-state index < -0.39 is 0 Å². The van der Waals surface area contributed by atoms with Crippen LogP contribution in [0.4, 0.5) is 0 Å². The van der Waals surface area contributed by atoms with Crippen molar-refractivity contribution in [1.29, 1.82) is 0 Å². The molecule has 7 nitrogen and oxygen atoms in total. The monoisotopic (exact) mass is 400 g/mol. The average molecular weight is 401 g/mol. The van der Waals surface area contributed by atoms with Crippen LogP contribution in [0, 0.1) is 6.92 Å². The molecule has 0 bridgehead atoms. The van der Waals surface area contributed by atoms with Gasteiger partial charge in [-0.25, -0.2) is 4.98 Å². The van der Waals surface area contributed by atoms with Crippen molar-refractivity contribution in [2.45, 2.75) is 52.5 Å². The van der Waals surface area contributed by atoms with Crippen molar-refractivity contribution in [3.8, 4) is 11.5 Å². The van der Waals surface area contributed by atoms with Gasteiger partial charge in [0.05, 0.1) is 18.8 Å². The third-order valence-corrected chi connectivity index (χ3v) is 4.42. The Morgan fingerprint density at radius 3 is 2.62 bits per heavy atom. The molecule has 0 aliphatic carbocycles. The average Bonchev–Trinajstić information content (AvgIpc) is 3.19. The van der Waals surface area contributed by atoms with E-state index in [1.54, 1.807) is 13.3 Å². The molecule has 0 amide bonds. The quantitative estimate of drug-likeness (QED) is 0.258. The Morgan fingerprint density at radius 2 is 1.90 bits per heavy atom. The van der Waals surface area contributed by atoms with E-state index in [9.17, 15) is 4.79 Å². The number of carbonyl (C=O) groups excluding carboxylic acids is 1. The predicted molar refractivity (Wildman–Crippen MR) is 115 cm³/mol. The van der Waals surface area contributed by atoms with Gasteiger partial charge in [-0.1, -0.05) is 30.5 Å². The maximum absolute atomic E-state index is 11.3. The molecule has 1 heterocycles. The zero-order valence-electron chi connectivity index (χ0n) is 17.7. The molecule has 7 heteroatoms. The number of nitrogens with zero attached hydrogens (tertiary/aromatic N) is 2. The number of oxazole rings is 1. The van der Waals surface area contributed by atoms with Crippen LogP contribution in [-0.2, 0) is 16.1 Å². The summed E-state index contributed by atoms with van der Waals surface area (Å²) in [5.41, 5.74) is 2.99. The summed E-state index contributed by atoms with van der Waals surface area (Å²) in [6, 6.07) is 8.09. The maximum atomic E-state index is 11.3. The van der Waals surface area contributed by atoms with Crippen LogP contribution in [0.2, 0.25) is 0 Å². The molecule has 0 aliphatic heterocycles. The molecular weight excluding hydrogens is 368 g/mol. The summed E-state index contributed by atoms with van der Waals surface area (Å²) in [5, 5.41) is 6.54. The molecule has 0 atom stereocenters. The second kappa shape index (κ2) is 12.6. The Morgan fingerprint density at radius 1 is 1.14 bits per heavy atom. The zero-order chi connectivity index (χ0) is 20.9. The van der Waals surface area contributed by atoms with E-state index in [1.807, 2.05) is 31.2 Å². The number of aromatic nitrogens is 1. The van der Waals surface area contributed by atoms with Crippen molar-refractivity contribution in [2.75, 3.05) is 20.2 Å². The SMILES string of the molecule is CCOC(=O)CCCCCCNC(=NC)NCc1coc(-c2ccc(C)cc2)n1. The van der Waals surface area contributed by atoms with Crippen molar-refractivity contribution >= 4 is 11.9 Å². The third kappa shape index (κ3) is 8.37. The number of hydrogen-bond donors (Lipinski definition) is 2. The lowest BCUT2D eigenvalue weighted by molar-refractivity contribution is -0.143. The van der Waals surface area contributed by atoms with E-state index in [4.69, 9.17) is 9.15 Å². The number of rotatable bonds is 11. The number of unbranched alkanes of at least 4 members (excludes halogenated alkanes) is 3. The highest BCUT2D eigenvalue weighted by Gasteiger charge is 2.07. The van der Waals surface area contributed by atoms with Gasteiger partial charge in [0, 0.05) is 25.6 Å². The number of nitrogens with one attached hydrogen (secondary N) is 2. The molecule has 0 spiro atoms. The second-order valence-electron chi connectivity index (χ2n) is 6.83. The van der Waals surface area contributed by atoms with Crippen LogP contribution in [0.25, 0.3) is 11.5 Å². The summed E-state index contributed by atoms with van der Waals surface area (Å²) in [4.78, 5) is 20.0. The van der Waals surface area contributed by atoms with E-state index in [1.165, 1.54) is 5.56 Å². The minimum absolute atomic E-state index is 0.103. The molecule has 2 N–H and O–H groups in total. The van der Waals surface area contributed by atoms with E-state index in [-0.39, 0.29) is 5.97 Å². The Hall–Kier alpha value is -2.83. The minimum atomic E-state index is -0.103. The van der Waals surface area contributed by atoms with Gasteiger partial charge in [0.1, 0.15) is 6.26 Å². The van der Waals surface area contributed by atoms with Gasteiger partial charge in [-0.2, -0.15) is 0 Å². The molecule has 0 unspecified atom stereocenters. The molecule has 0 saturated carbocycles. The zero-order valence-corrected chi connectivity index (χ0v) is 17.7. The smallest absolute Gasteiger partial charge is 0.305 e. The molecule has 1 aromatic heterocycles. The Labute approximate surface area is 173 Å². The van der Waals surface area contributed by atoms with Crippen LogP contribution < -0.4 is 10.6 Å². The molecule has 0 fully saturated rings. The molecule has 2 aromatic rings. The van der Waals surface area contributed by atoms with Crippen molar-refractivity contribution < 1.29 is 13.9 Å². The topological polar surface area (TPSA) is 88.8 Å². The van der Waals surface area contributed by atoms with Gasteiger partial charge in [0.2, 0.25) is 5.89 Å². The number of guanidine groups is 1. The Kier molecular flexibility index (Phi) is 9.75. The van der Waals surface area contributed by atoms with Crippen molar-refractivity contribution in [2.24, 2.45) is 4.99 Å².